The van der Waals surface area contributed by atoms with Crippen LogP contribution in [-0.4, -0.2) is 12.1 Å². The van der Waals surface area contributed by atoms with Crippen molar-refractivity contribution in [2.24, 2.45) is 5.73 Å². The van der Waals surface area contributed by atoms with Gasteiger partial charge in [-0.1, -0.05) is 49.4 Å². The van der Waals surface area contributed by atoms with E-state index < -0.39 is 0 Å². The lowest BCUT2D eigenvalue weighted by Gasteiger charge is -2.22. The predicted octanol–water partition coefficient (Wildman–Crippen LogP) is 4.77. The molecule has 1 fully saturated rings. The van der Waals surface area contributed by atoms with Crippen molar-refractivity contribution in [2.75, 3.05) is 0 Å². The minimum Gasteiger partial charge on any atom is -0.404 e. The van der Waals surface area contributed by atoms with Gasteiger partial charge in [-0.05, 0) is 64.9 Å². The molecule has 4 rings (SSSR count). The molecule has 4 nitrogen and oxygen atoms in total. The van der Waals surface area contributed by atoms with E-state index in [9.17, 15) is 4.79 Å². The summed E-state index contributed by atoms with van der Waals surface area (Å²) in [5.41, 5.74) is 9.80. The minimum atomic E-state index is -0.380. The first-order valence-corrected chi connectivity index (χ1v) is 9.98. The van der Waals surface area contributed by atoms with Gasteiger partial charge in [0.15, 0.2) is 0 Å². The number of benzene rings is 3. The first kappa shape index (κ1) is 18.9. The Labute approximate surface area is 170 Å². The van der Waals surface area contributed by atoms with Crippen LogP contribution in [0.15, 0.2) is 66.9 Å². The van der Waals surface area contributed by atoms with Gasteiger partial charge in [0.25, 0.3) is 5.91 Å². The van der Waals surface area contributed by atoms with Gasteiger partial charge in [-0.2, -0.15) is 0 Å². The Hall–Kier alpha value is -3.40. The van der Waals surface area contributed by atoms with E-state index >= 15 is 0 Å². The molecular formula is C25H25N3O. The van der Waals surface area contributed by atoms with Crippen molar-refractivity contribution in [3.8, 4) is 0 Å². The zero-order valence-electron chi connectivity index (χ0n) is 16.5. The molecule has 3 aromatic carbocycles. The predicted molar refractivity (Wildman–Crippen MR) is 119 cm³/mol. The molecule has 4 heteroatoms. The summed E-state index contributed by atoms with van der Waals surface area (Å²) in [6.45, 7) is 2.06. The molecule has 146 valence electrons. The van der Waals surface area contributed by atoms with Gasteiger partial charge in [-0.3, -0.25) is 4.79 Å². The monoisotopic (exact) mass is 383 g/mol. The highest BCUT2D eigenvalue weighted by atomic mass is 16.1. The Kier molecular flexibility index (Phi) is 4.93. The Morgan fingerprint density at radius 2 is 1.86 bits per heavy atom. The van der Waals surface area contributed by atoms with Crippen molar-refractivity contribution < 1.29 is 4.79 Å². The summed E-state index contributed by atoms with van der Waals surface area (Å²) in [5.74, 6) is -0.0314. The second kappa shape index (κ2) is 7.55. The number of hydrogen-bond acceptors (Lipinski definition) is 3. The van der Waals surface area contributed by atoms with Crippen LogP contribution in [0.4, 0.5) is 0 Å². The lowest BCUT2D eigenvalue weighted by Crippen LogP contribution is -2.35. The number of fused-ring (bicyclic) bond motifs is 1. The standard InChI is InChI=1S/C25H25N3O/c1-2-17-7-3-6-10-22(17)24(29)28-25(11-12-25)23-14-19(20(15-26)16-27)13-18-8-4-5-9-21(18)23/h3-10,13-16,26H,2,11-12,27H2,1H3,(H,28,29). The molecule has 1 aliphatic rings. The molecule has 1 amide bonds. The number of nitrogens with one attached hydrogen (secondary N) is 2. The van der Waals surface area contributed by atoms with E-state index in [1.165, 1.54) is 12.4 Å². The van der Waals surface area contributed by atoms with Crippen LogP contribution in [0.3, 0.4) is 0 Å². The maximum Gasteiger partial charge on any atom is 0.252 e. The maximum absolute atomic E-state index is 13.1. The molecular weight excluding hydrogens is 358 g/mol. The molecule has 4 N–H and O–H groups in total. The summed E-state index contributed by atoms with van der Waals surface area (Å²) in [7, 11) is 0. The van der Waals surface area contributed by atoms with Crippen LogP contribution in [0.1, 0.15) is 46.8 Å². The molecule has 1 saturated carbocycles. The van der Waals surface area contributed by atoms with Gasteiger partial charge >= 0.3 is 0 Å². The van der Waals surface area contributed by atoms with Gasteiger partial charge < -0.3 is 16.5 Å². The highest BCUT2D eigenvalue weighted by Gasteiger charge is 2.47. The Morgan fingerprint density at radius 3 is 2.55 bits per heavy atom. The Morgan fingerprint density at radius 1 is 1.14 bits per heavy atom. The maximum atomic E-state index is 13.1. The van der Waals surface area contributed by atoms with E-state index in [0.717, 1.165) is 52.3 Å². The van der Waals surface area contributed by atoms with E-state index in [2.05, 4.69) is 30.4 Å². The minimum absolute atomic E-state index is 0.0314. The Balaban J connectivity index is 1.79. The SMILES string of the molecule is CCc1ccccc1C(=O)NC1(c2cc(C(C=N)=CN)cc3ccccc23)CC1. The number of nitrogens with two attached hydrogens (primary N) is 1. The third-order valence-electron chi connectivity index (χ3n) is 5.79. The zero-order chi connectivity index (χ0) is 20.4. The molecule has 1 aliphatic carbocycles. The highest BCUT2D eigenvalue weighted by Crippen LogP contribution is 2.49. The topological polar surface area (TPSA) is 79.0 Å². The molecule has 29 heavy (non-hydrogen) atoms. The van der Waals surface area contributed by atoms with Crippen molar-refractivity contribution in [1.82, 2.24) is 5.32 Å². The molecule has 0 atom stereocenters. The lowest BCUT2D eigenvalue weighted by atomic mass is 9.91. The zero-order valence-corrected chi connectivity index (χ0v) is 16.5. The molecule has 0 aliphatic heterocycles. The highest BCUT2D eigenvalue weighted by molar-refractivity contribution is 6.09. The van der Waals surface area contributed by atoms with Gasteiger partial charge in [0.1, 0.15) is 0 Å². The largest absolute Gasteiger partial charge is 0.404 e. The molecule has 0 saturated heterocycles. The van der Waals surface area contributed by atoms with Gasteiger partial charge in [-0.25, -0.2) is 0 Å². The number of hydrogen-bond donors (Lipinski definition) is 3. The molecule has 0 radical (unpaired) electrons. The number of amides is 1. The summed E-state index contributed by atoms with van der Waals surface area (Å²) >= 11 is 0. The van der Waals surface area contributed by atoms with Crippen LogP contribution in [0.25, 0.3) is 16.3 Å². The smallest absolute Gasteiger partial charge is 0.252 e. The van der Waals surface area contributed by atoms with E-state index in [0.29, 0.717) is 5.57 Å². The van der Waals surface area contributed by atoms with Crippen molar-refractivity contribution in [3.63, 3.8) is 0 Å². The van der Waals surface area contributed by atoms with Crippen LogP contribution < -0.4 is 11.1 Å². The molecule has 0 bridgehead atoms. The number of carbonyl (C=O) groups excluding carboxylic acids is 1. The summed E-state index contributed by atoms with van der Waals surface area (Å²) in [4.78, 5) is 13.1. The van der Waals surface area contributed by atoms with Crippen molar-refractivity contribution in [1.29, 1.82) is 5.41 Å². The second-order valence-electron chi connectivity index (χ2n) is 7.56. The van der Waals surface area contributed by atoms with Crippen LogP contribution in [0.2, 0.25) is 0 Å². The van der Waals surface area contributed by atoms with Gasteiger partial charge in [-0.15, -0.1) is 0 Å². The average molecular weight is 383 g/mol. The van der Waals surface area contributed by atoms with Crippen LogP contribution >= 0.6 is 0 Å². The fourth-order valence-corrected chi connectivity index (χ4v) is 4.02. The van der Waals surface area contributed by atoms with Gasteiger partial charge in [0, 0.05) is 23.6 Å². The van der Waals surface area contributed by atoms with Crippen LogP contribution in [-0.2, 0) is 12.0 Å². The molecule has 0 aromatic heterocycles. The van der Waals surface area contributed by atoms with Crippen LogP contribution in [0, 0.1) is 5.41 Å². The molecule has 0 unspecified atom stereocenters. The third kappa shape index (κ3) is 3.42. The van der Waals surface area contributed by atoms with E-state index in [4.69, 9.17) is 11.1 Å². The van der Waals surface area contributed by atoms with Crippen LogP contribution in [0.5, 0.6) is 0 Å². The number of allylic oxidation sites excluding steroid dienone is 1. The number of carbonyl (C=O) groups is 1. The summed E-state index contributed by atoms with van der Waals surface area (Å²) < 4.78 is 0. The van der Waals surface area contributed by atoms with E-state index in [1.54, 1.807) is 0 Å². The summed E-state index contributed by atoms with van der Waals surface area (Å²) in [6.07, 6.45) is 5.33. The summed E-state index contributed by atoms with van der Waals surface area (Å²) in [5, 5.41) is 13.2. The normalized spacial score (nSPS) is 15.1. The van der Waals surface area contributed by atoms with Gasteiger partial charge in [0.2, 0.25) is 0 Å². The van der Waals surface area contributed by atoms with Gasteiger partial charge in [0.05, 0.1) is 5.54 Å². The fraction of sp³-hybridized carbons (Fsp3) is 0.200. The van der Waals surface area contributed by atoms with E-state index in [-0.39, 0.29) is 11.4 Å². The second-order valence-corrected chi connectivity index (χ2v) is 7.56. The molecule has 3 aromatic rings. The van der Waals surface area contributed by atoms with Crippen molar-refractivity contribution >= 4 is 28.5 Å². The average Bonchev–Trinajstić information content (AvgIpc) is 3.54. The first-order valence-electron chi connectivity index (χ1n) is 9.98. The summed E-state index contributed by atoms with van der Waals surface area (Å²) in [6, 6.07) is 20.1. The quantitative estimate of drug-likeness (QED) is 0.536. The molecule has 0 heterocycles. The lowest BCUT2D eigenvalue weighted by molar-refractivity contribution is 0.0930. The first-order chi connectivity index (χ1) is 14.1. The van der Waals surface area contributed by atoms with Crippen molar-refractivity contribution in [3.05, 3.63) is 89.1 Å². The Bertz CT molecular complexity index is 1130. The van der Waals surface area contributed by atoms with E-state index in [1.807, 2.05) is 42.5 Å². The number of aryl methyl sites for hydroxylation is 1. The fourth-order valence-electron chi connectivity index (χ4n) is 4.02. The third-order valence-corrected chi connectivity index (χ3v) is 5.79. The number of rotatable bonds is 6. The van der Waals surface area contributed by atoms with Crippen molar-refractivity contribution in [2.45, 2.75) is 31.7 Å². The molecule has 0 spiro atoms.